The minimum Gasteiger partial charge on any atom is -0.441 e. The number of carbonyl (C=O) groups excluding carboxylic acids is 1. The lowest BCUT2D eigenvalue weighted by molar-refractivity contribution is -0.124. The van der Waals surface area contributed by atoms with E-state index in [9.17, 15) is 4.79 Å². The first-order valence-electron chi connectivity index (χ1n) is 6.80. The number of carbonyl (C=O) groups is 1. The maximum atomic E-state index is 11.8. The average molecular weight is 273 g/mol. The normalized spacial score (nSPS) is 15.8. The molecule has 1 saturated heterocycles. The molecule has 1 aromatic rings. The third-order valence-corrected chi connectivity index (χ3v) is 3.32. The number of hydrogen-bond acceptors (Lipinski definition) is 4. The molecule has 0 unspecified atom stereocenters. The van der Waals surface area contributed by atoms with Gasteiger partial charge in [-0.1, -0.05) is 0 Å². The second-order valence-corrected chi connectivity index (χ2v) is 5.09. The molecule has 1 fully saturated rings. The van der Waals surface area contributed by atoms with Gasteiger partial charge in [0.25, 0.3) is 5.91 Å². The first-order valence-corrected chi connectivity index (χ1v) is 6.80. The molecule has 20 heavy (non-hydrogen) atoms. The zero-order valence-corrected chi connectivity index (χ0v) is 11.9. The van der Waals surface area contributed by atoms with E-state index in [1.54, 1.807) is 20.2 Å². The zero-order valence-electron chi connectivity index (χ0n) is 11.9. The molecule has 106 valence electrons. The van der Waals surface area contributed by atoms with Crippen LogP contribution in [0.2, 0.25) is 0 Å². The van der Waals surface area contributed by atoms with Gasteiger partial charge < -0.3 is 14.2 Å². The molecule has 1 aliphatic rings. The van der Waals surface area contributed by atoms with Crippen LogP contribution in [-0.2, 0) is 4.79 Å². The van der Waals surface area contributed by atoms with E-state index in [-0.39, 0.29) is 11.5 Å². The minimum atomic E-state index is -0.316. The van der Waals surface area contributed by atoms with Gasteiger partial charge in [-0.2, -0.15) is 5.26 Å². The Morgan fingerprint density at radius 3 is 2.65 bits per heavy atom. The number of likely N-dealkylation sites (N-methyl/N-ethyl adjacent to an activating group) is 1. The van der Waals surface area contributed by atoms with Crippen molar-refractivity contribution in [1.82, 2.24) is 4.90 Å². The van der Waals surface area contributed by atoms with E-state index < -0.39 is 0 Å². The lowest BCUT2D eigenvalue weighted by Gasteiger charge is -2.25. The molecule has 2 rings (SSSR count). The van der Waals surface area contributed by atoms with Crippen molar-refractivity contribution >= 4 is 17.9 Å². The first kappa shape index (κ1) is 14.2. The Morgan fingerprint density at radius 1 is 1.35 bits per heavy atom. The van der Waals surface area contributed by atoms with Crippen LogP contribution in [0.5, 0.6) is 0 Å². The summed E-state index contributed by atoms with van der Waals surface area (Å²) in [5.74, 6) is 1.03. The minimum absolute atomic E-state index is 0.0783. The van der Waals surface area contributed by atoms with E-state index in [1.807, 2.05) is 12.1 Å². The number of anilines is 1. The van der Waals surface area contributed by atoms with Crippen LogP contribution in [0.1, 0.15) is 25.0 Å². The summed E-state index contributed by atoms with van der Waals surface area (Å²) in [4.78, 5) is 15.3. The third kappa shape index (κ3) is 3.21. The number of nitrogens with zero attached hydrogens (tertiary/aromatic N) is 3. The Balaban J connectivity index is 2.15. The lowest BCUT2D eigenvalue weighted by Crippen LogP contribution is -2.28. The molecule has 0 aromatic carbocycles. The summed E-state index contributed by atoms with van der Waals surface area (Å²) in [7, 11) is 3.24. The molecule has 0 atom stereocenters. The predicted octanol–water partition coefficient (Wildman–Crippen LogP) is 2.27. The molecule has 1 aromatic heterocycles. The molecule has 1 amide bonds. The molecule has 0 radical (unpaired) electrons. The molecule has 0 saturated carbocycles. The van der Waals surface area contributed by atoms with Crippen molar-refractivity contribution in [3.8, 4) is 6.07 Å². The molecule has 5 heteroatoms. The fourth-order valence-corrected chi connectivity index (χ4v) is 2.23. The maximum absolute atomic E-state index is 11.8. The summed E-state index contributed by atoms with van der Waals surface area (Å²) >= 11 is 0. The van der Waals surface area contributed by atoms with Crippen molar-refractivity contribution in [1.29, 1.82) is 5.26 Å². The third-order valence-electron chi connectivity index (χ3n) is 3.32. The standard InChI is InChI=1S/C15H19N3O2/c1-17(2)15(19)12(11-16)10-13-6-7-14(20-13)18-8-4-3-5-9-18/h6-7,10H,3-5,8-9H2,1-2H3/b12-10-. The predicted molar refractivity (Wildman–Crippen MR) is 77.1 cm³/mol. The van der Waals surface area contributed by atoms with Crippen molar-refractivity contribution in [2.24, 2.45) is 0 Å². The topological polar surface area (TPSA) is 60.5 Å². The van der Waals surface area contributed by atoms with Gasteiger partial charge in [0.15, 0.2) is 5.88 Å². The van der Waals surface area contributed by atoms with Gasteiger partial charge in [-0.3, -0.25) is 4.79 Å². The molecule has 2 heterocycles. The summed E-state index contributed by atoms with van der Waals surface area (Å²) in [6.45, 7) is 2.00. The number of nitriles is 1. The lowest BCUT2D eigenvalue weighted by atomic mass is 10.1. The Kier molecular flexibility index (Phi) is 4.46. The highest BCUT2D eigenvalue weighted by atomic mass is 16.4. The first-order chi connectivity index (χ1) is 9.61. The number of amides is 1. The SMILES string of the molecule is CN(C)C(=O)/C(C#N)=C\c1ccc(N2CCCCC2)o1. The van der Waals surface area contributed by atoms with Crippen molar-refractivity contribution in [3.05, 3.63) is 23.5 Å². The van der Waals surface area contributed by atoms with Gasteiger partial charge in [0.2, 0.25) is 0 Å². The van der Waals surface area contributed by atoms with Gasteiger partial charge in [-0.15, -0.1) is 0 Å². The van der Waals surface area contributed by atoms with Crippen LogP contribution in [0.15, 0.2) is 22.1 Å². The van der Waals surface area contributed by atoms with Crippen LogP contribution >= 0.6 is 0 Å². The summed E-state index contributed by atoms with van der Waals surface area (Å²) in [6, 6.07) is 5.61. The van der Waals surface area contributed by atoms with Crippen LogP contribution in [0.25, 0.3) is 6.08 Å². The van der Waals surface area contributed by atoms with Crippen molar-refractivity contribution in [3.63, 3.8) is 0 Å². The molecule has 0 spiro atoms. The molecule has 0 N–H and O–H groups in total. The highest BCUT2D eigenvalue weighted by molar-refractivity contribution is 6.01. The van der Waals surface area contributed by atoms with Crippen LogP contribution in [-0.4, -0.2) is 38.0 Å². The number of rotatable bonds is 3. The highest BCUT2D eigenvalue weighted by Crippen LogP contribution is 2.23. The van der Waals surface area contributed by atoms with E-state index in [0.29, 0.717) is 5.76 Å². The monoisotopic (exact) mass is 273 g/mol. The van der Waals surface area contributed by atoms with Crippen LogP contribution < -0.4 is 4.90 Å². The van der Waals surface area contributed by atoms with Crippen molar-refractivity contribution in [2.45, 2.75) is 19.3 Å². The quantitative estimate of drug-likeness (QED) is 0.626. The fraction of sp³-hybridized carbons (Fsp3) is 0.467. The Morgan fingerprint density at radius 2 is 2.05 bits per heavy atom. The summed E-state index contributed by atoms with van der Waals surface area (Å²) in [5, 5.41) is 9.04. The molecule has 0 aliphatic carbocycles. The van der Waals surface area contributed by atoms with Gasteiger partial charge in [-0.25, -0.2) is 0 Å². The fourth-order valence-electron chi connectivity index (χ4n) is 2.23. The Hall–Kier alpha value is -2.22. The van der Waals surface area contributed by atoms with E-state index in [2.05, 4.69) is 4.90 Å². The summed E-state index contributed by atoms with van der Waals surface area (Å²) in [6.07, 6.45) is 5.11. The van der Waals surface area contributed by atoms with Gasteiger partial charge in [0.1, 0.15) is 17.4 Å². The smallest absolute Gasteiger partial charge is 0.264 e. The zero-order chi connectivity index (χ0) is 14.5. The van der Waals surface area contributed by atoms with Crippen LogP contribution in [0, 0.1) is 11.3 Å². The second-order valence-electron chi connectivity index (χ2n) is 5.09. The summed E-state index contributed by atoms with van der Waals surface area (Å²) in [5.41, 5.74) is 0.0783. The molecular formula is C15H19N3O2. The van der Waals surface area contributed by atoms with Gasteiger partial charge in [-0.05, 0) is 25.3 Å². The van der Waals surface area contributed by atoms with Crippen molar-refractivity contribution < 1.29 is 9.21 Å². The van der Waals surface area contributed by atoms with E-state index >= 15 is 0 Å². The molecular weight excluding hydrogens is 254 g/mol. The average Bonchev–Trinajstić information content (AvgIpc) is 2.93. The molecule has 1 aliphatic heterocycles. The summed E-state index contributed by atoms with van der Waals surface area (Å²) < 4.78 is 5.71. The Bertz CT molecular complexity index is 546. The van der Waals surface area contributed by atoms with Crippen molar-refractivity contribution in [2.75, 3.05) is 32.1 Å². The van der Waals surface area contributed by atoms with Gasteiger partial charge in [0.05, 0.1) is 0 Å². The van der Waals surface area contributed by atoms with E-state index in [4.69, 9.17) is 9.68 Å². The molecule has 5 nitrogen and oxygen atoms in total. The van der Waals surface area contributed by atoms with E-state index in [1.165, 1.54) is 30.2 Å². The van der Waals surface area contributed by atoms with E-state index in [0.717, 1.165) is 19.0 Å². The Labute approximate surface area is 119 Å². The molecule has 0 bridgehead atoms. The highest BCUT2D eigenvalue weighted by Gasteiger charge is 2.15. The number of furan rings is 1. The maximum Gasteiger partial charge on any atom is 0.264 e. The van der Waals surface area contributed by atoms with Gasteiger partial charge >= 0.3 is 0 Å². The van der Waals surface area contributed by atoms with Crippen LogP contribution in [0.3, 0.4) is 0 Å². The van der Waals surface area contributed by atoms with Gasteiger partial charge in [0, 0.05) is 39.3 Å². The number of piperidine rings is 1. The number of hydrogen-bond donors (Lipinski definition) is 0. The second kappa shape index (κ2) is 6.29. The largest absolute Gasteiger partial charge is 0.441 e. The van der Waals surface area contributed by atoms with Crippen LogP contribution in [0.4, 0.5) is 5.88 Å².